The molecule has 0 aliphatic heterocycles. The molecule has 2 N–H and O–H groups in total. The zero-order valence-corrected chi connectivity index (χ0v) is 16.4. The van der Waals surface area contributed by atoms with Gasteiger partial charge in [-0.05, 0) is 36.8 Å². The molecule has 0 aliphatic rings. The summed E-state index contributed by atoms with van der Waals surface area (Å²) in [4.78, 5) is 0. The quantitative estimate of drug-likeness (QED) is 0.516. The number of ether oxygens (including phenoxy) is 1. The number of hydrogen-bond acceptors (Lipinski definition) is 4. The van der Waals surface area contributed by atoms with Crippen LogP contribution in [-0.2, 0) is 19.6 Å². The van der Waals surface area contributed by atoms with E-state index in [4.69, 9.17) is 28.6 Å². The minimum Gasteiger partial charge on any atom is -0.488 e. The molecule has 0 bridgehead atoms. The fourth-order valence-electron chi connectivity index (χ4n) is 2.63. The first-order chi connectivity index (χ1) is 13.1. The number of nitrogens with one attached hydrogen (secondary N) is 2. The lowest BCUT2D eigenvalue weighted by Crippen LogP contribution is -2.18. The van der Waals surface area contributed by atoms with Gasteiger partial charge >= 0.3 is 0 Å². The molecular formula is C19H20ClFN4OS. The van der Waals surface area contributed by atoms with E-state index in [0.29, 0.717) is 16.3 Å². The topological polar surface area (TPSA) is 54.9 Å². The molecule has 0 saturated heterocycles. The number of hydrogen-bond donors (Lipinski definition) is 2. The molecule has 0 spiro atoms. The highest BCUT2D eigenvalue weighted by atomic mass is 35.5. The van der Waals surface area contributed by atoms with Crippen LogP contribution in [0.25, 0.3) is 0 Å². The molecule has 0 fully saturated rings. The van der Waals surface area contributed by atoms with Gasteiger partial charge in [0.2, 0.25) is 4.77 Å². The highest BCUT2D eigenvalue weighted by molar-refractivity contribution is 7.71. The molecule has 0 atom stereocenters. The number of benzene rings is 2. The van der Waals surface area contributed by atoms with Gasteiger partial charge in [-0.1, -0.05) is 42.8 Å². The lowest BCUT2D eigenvalue weighted by atomic mass is 10.2. The van der Waals surface area contributed by atoms with E-state index in [2.05, 4.69) is 22.5 Å². The molecule has 3 rings (SSSR count). The second-order valence-electron chi connectivity index (χ2n) is 6.00. The zero-order chi connectivity index (χ0) is 19.2. The van der Waals surface area contributed by atoms with Crippen LogP contribution in [0.1, 0.15) is 30.3 Å². The molecule has 1 heterocycles. The Kier molecular flexibility index (Phi) is 6.47. The normalized spacial score (nSPS) is 10.8. The lowest BCUT2D eigenvalue weighted by molar-refractivity contribution is 0.303. The van der Waals surface area contributed by atoms with Gasteiger partial charge in [-0.15, -0.1) is 0 Å². The number of H-pyrrole nitrogens is 1. The van der Waals surface area contributed by atoms with Crippen LogP contribution in [0.3, 0.4) is 0 Å². The van der Waals surface area contributed by atoms with Crippen molar-refractivity contribution in [2.75, 3.05) is 5.43 Å². The fraction of sp³-hybridized carbons (Fsp3) is 0.263. The Morgan fingerprint density at radius 3 is 2.85 bits per heavy atom. The third kappa shape index (κ3) is 4.87. The number of aromatic amines is 1. The Bertz CT molecular complexity index is 972. The van der Waals surface area contributed by atoms with Crippen molar-refractivity contribution >= 4 is 23.8 Å². The Morgan fingerprint density at radius 2 is 2.07 bits per heavy atom. The maximum atomic E-state index is 13.2. The third-order valence-electron chi connectivity index (χ3n) is 4.01. The van der Waals surface area contributed by atoms with Crippen LogP contribution in [-0.4, -0.2) is 14.9 Å². The Labute approximate surface area is 167 Å². The lowest BCUT2D eigenvalue weighted by Gasteiger charge is -2.14. The predicted octanol–water partition coefficient (Wildman–Crippen LogP) is 5.01. The maximum absolute atomic E-state index is 13.2. The summed E-state index contributed by atoms with van der Waals surface area (Å²) in [5, 5.41) is 7.39. The van der Waals surface area contributed by atoms with Crippen molar-refractivity contribution < 1.29 is 9.13 Å². The maximum Gasteiger partial charge on any atom is 0.214 e. The van der Waals surface area contributed by atoms with E-state index in [9.17, 15) is 4.39 Å². The highest BCUT2D eigenvalue weighted by Gasteiger charge is 2.09. The second-order valence-corrected chi connectivity index (χ2v) is 6.79. The summed E-state index contributed by atoms with van der Waals surface area (Å²) < 4.78 is 21.4. The largest absolute Gasteiger partial charge is 0.488 e. The van der Waals surface area contributed by atoms with E-state index in [1.807, 2.05) is 24.3 Å². The van der Waals surface area contributed by atoms with E-state index in [0.717, 1.165) is 35.5 Å². The fourth-order valence-corrected chi connectivity index (χ4v) is 3.07. The van der Waals surface area contributed by atoms with Crippen LogP contribution < -0.4 is 10.2 Å². The summed E-state index contributed by atoms with van der Waals surface area (Å²) in [5.41, 5.74) is 4.97. The minimum atomic E-state index is -0.368. The molecule has 8 heteroatoms. The van der Waals surface area contributed by atoms with Gasteiger partial charge < -0.3 is 10.2 Å². The number of nitrogens with zero attached hydrogens (tertiary/aromatic N) is 2. The molecule has 27 heavy (non-hydrogen) atoms. The highest BCUT2D eigenvalue weighted by Crippen LogP contribution is 2.23. The molecule has 142 valence electrons. The van der Waals surface area contributed by atoms with Gasteiger partial charge in [-0.3, -0.25) is 5.10 Å². The summed E-state index contributed by atoms with van der Waals surface area (Å²) in [6.07, 6.45) is 1.79. The molecule has 2 aromatic carbocycles. The summed E-state index contributed by atoms with van der Waals surface area (Å²) in [6, 6.07) is 12.0. The molecule has 0 aliphatic carbocycles. The van der Waals surface area contributed by atoms with E-state index in [1.165, 1.54) is 12.1 Å². The summed E-state index contributed by atoms with van der Waals surface area (Å²) in [6.45, 7) is 2.85. The van der Waals surface area contributed by atoms with Crippen molar-refractivity contribution in [3.63, 3.8) is 0 Å². The number of aryl methyl sites for hydroxylation is 1. The van der Waals surface area contributed by atoms with Crippen LogP contribution >= 0.6 is 23.8 Å². The molecule has 3 aromatic rings. The van der Waals surface area contributed by atoms with Crippen molar-refractivity contribution in [1.29, 1.82) is 0 Å². The van der Waals surface area contributed by atoms with Gasteiger partial charge in [0, 0.05) is 17.5 Å². The molecule has 1 aromatic heterocycles. The van der Waals surface area contributed by atoms with Gasteiger partial charge in [0.15, 0.2) is 5.82 Å². The SMILES string of the molecule is CCCc1n[nH]c(=S)n1NCc1ccccc1OCc1ccc(F)cc1Cl. The standard InChI is InChI=1S/C19H20ClFN4OS/c1-2-5-18-23-24-19(27)25(18)22-11-13-6-3-4-7-17(13)26-12-14-8-9-15(21)10-16(14)20/h3-4,6-10,22H,2,5,11-12H2,1H3,(H,24,27). The Morgan fingerprint density at radius 1 is 1.26 bits per heavy atom. The predicted molar refractivity (Wildman–Crippen MR) is 107 cm³/mol. The Hall–Kier alpha value is -2.38. The molecule has 5 nitrogen and oxygen atoms in total. The molecule has 0 radical (unpaired) electrons. The van der Waals surface area contributed by atoms with Gasteiger partial charge in [-0.25, -0.2) is 9.07 Å². The van der Waals surface area contributed by atoms with Gasteiger partial charge in [0.1, 0.15) is 18.2 Å². The number of aromatic nitrogens is 3. The van der Waals surface area contributed by atoms with Crippen molar-refractivity contribution in [2.24, 2.45) is 0 Å². The summed E-state index contributed by atoms with van der Waals surface area (Å²) >= 11 is 11.4. The summed E-state index contributed by atoms with van der Waals surface area (Å²) in [7, 11) is 0. The molecule has 0 unspecified atom stereocenters. The van der Waals surface area contributed by atoms with E-state index >= 15 is 0 Å². The van der Waals surface area contributed by atoms with E-state index < -0.39 is 0 Å². The van der Waals surface area contributed by atoms with Crippen molar-refractivity contribution in [3.05, 3.63) is 75.0 Å². The van der Waals surface area contributed by atoms with Crippen LogP contribution in [0, 0.1) is 10.6 Å². The average Bonchev–Trinajstić information content (AvgIpc) is 3.00. The smallest absolute Gasteiger partial charge is 0.214 e. The van der Waals surface area contributed by atoms with Gasteiger partial charge in [0.05, 0.1) is 11.6 Å². The first-order valence-corrected chi connectivity index (χ1v) is 9.42. The molecular weight excluding hydrogens is 387 g/mol. The van der Waals surface area contributed by atoms with Crippen molar-refractivity contribution in [2.45, 2.75) is 32.9 Å². The number of rotatable bonds is 8. The second kappa shape index (κ2) is 9.01. The minimum absolute atomic E-state index is 0.252. The van der Waals surface area contributed by atoms with Crippen molar-refractivity contribution in [1.82, 2.24) is 14.9 Å². The van der Waals surface area contributed by atoms with Crippen molar-refractivity contribution in [3.8, 4) is 5.75 Å². The average molecular weight is 407 g/mol. The third-order valence-corrected chi connectivity index (χ3v) is 4.64. The van der Waals surface area contributed by atoms with Crippen LogP contribution in [0.4, 0.5) is 4.39 Å². The van der Waals surface area contributed by atoms with Gasteiger partial charge in [0.25, 0.3) is 0 Å². The molecule has 0 saturated carbocycles. The Balaban J connectivity index is 1.71. The van der Waals surface area contributed by atoms with E-state index in [1.54, 1.807) is 10.7 Å². The van der Waals surface area contributed by atoms with E-state index in [-0.39, 0.29) is 12.4 Å². The zero-order valence-electron chi connectivity index (χ0n) is 14.8. The monoisotopic (exact) mass is 406 g/mol. The number of halogens is 2. The first kappa shape index (κ1) is 19.4. The first-order valence-electron chi connectivity index (χ1n) is 8.63. The van der Waals surface area contributed by atoms with Crippen LogP contribution in [0.5, 0.6) is 5.75 Å². The number of para-hydroxylation sites is 1. The van der Waals surface area contributed by atoms with Crippen LogP contribution in [0.2, 0.25) is 5.02 Å². The summed E-state index contributed by atoms with van der Waals surface area (Å²) in [5.74, 6) is 1.21. The van der Waals surface area contributed by atoms with Crippen LogP contribution in [0.15, 0.2) is 42.5 Å². The van der Waals surface area contributed by atoms with Gasteiger partial charge in [-0.2, -0.15) is 5.10 Å². The molecule has 0 amide bonds.